The van der Waals surface area contributed by atoms with E-state index in [0.717, 1.165) is 22.3 Å². The van der Waals surface area contributed by atoms with Gasteiger partial charge in [0.1, 0.15) is 0 Å². The van der Waals surface area contributed by atoms with E-state index in [1.807, 2.05) is 60.1 Å². The summed E-state index contributed by atoms with van der Waals surface area (Å²) in [6.45, 7) is 0. The van der Waals surface area contributed by atoms with Gasteiger partial charge in [0.2, 0.25) is 0 Å². The summed E-state index contributed by atoms with van der Waals surface area (Å²) in [5, 5.41) is 9.50. The van der Waals surface area contributed by atoms with Gasteiger partial charge in [-0.1, -0.05) is 84.6 Å². The van der Waals surface area contributed by atoms with Crippen molar-refractivity contribution in [3.05, 3.63) is 72.3 Å². The Balaban J connectivity index is 1.65. The van der Waals surface area contributed by atoms with Crippen LogP contribution in [-0.4, -0.2) is 20.5 Å². The molecule has 3 aromatic rings. The van der Waals surface area contributed by atoms with Gasteiger partial charge in [-0.2, -0.15) is 0 Å². The van der Waals surface area contributed by atoms with Gasteiger partial charge in [-0.3, -0.25) is 0 Å². The normalized spacial score (nSPS) is 11.1. The standard InChI is InChI=1S/C18H17N3S/c1-21-17(16-12-6-3-7-13-16)19-20-18(21)22-14-8-11-15-9-4-2-5-10-15/h2-13H,14H2,1H3/b11-8+. The molecule has 3 nitrogen and oxygen atoms in total. The van der Waals surface area contributed by atoms with Crippen LogP contribution in [0.4, 0.5) is 0 Å². The smallest absolute Gasteiger partial charge is 0.191 e. The van der Waals surface area contributed by atoms with Crippen molar-refractivity contribution in [1.82, 2.24) is 14.8 Å². The number of hydrogen-bond donors (Lipinski definition) is 0. The van der Waals surface area contributed by atoms with Gasteiger partial charge < -0.3 is 4.57 Å². The van der Waals surface area contributed by atoms with Gasteiger partial charge in [-0.05, 0) is 5.56 Å². The van der Waals surface area contributed by atoms with Crippen LogP contribution in [0.2, 0.25) is 0 Å². The van der Waals surface area contributed by atoms with E-state index in [2.05, 4.69) is 34.5 Å². The number of rotatable bonds is 5. The van der Waals surface area contributed by atoms with Crippen LogP contribution in [0.5, 0.6) is 0 Å². The Morgan fingerprint density at radius 2 is 1.64 bits per heavy atom. The summed E-state index contributed by atoms with van der Waals surface area (Å²) in [6, 6.07) is 20.4. The predicted octanol–water partition coefficient (Wildman–Crippen LogP) is 4.29. The molecule has 0 unspecified atom stereocenters. The molecular formula is C18H17N3S. The monoisotopic (exact) mass is 307 g/mol. The number of hydrogen-bond acceptors (Lipinski definition) is 3. The Hall–Kier alpha value is -2.33. The fraction of sp³-hybridized carbons (Fsp3) is 0.111. The molecule has 0 bridgehead atoms. The molecule has 3 rings (SSSR count). The van der Waals surface area contributed by atoms with Gasteiger partial charge in [-0.15, -0.1) is 10.2 Å². The predicted molar refractivity (Wildman–Crippen MR) is 92.6 cm³/mol. The zero-order valence-electron chi connectivity index (χ0n) is 12.4. The molecular weight excluding hydrogens is 290 g/mol. The average Bonchev–Trinajstić information content (AvgIpc) is 2.94. The van der Waals surface area contributed by atoms with Crippen molar-refractivity contribution < 1.29 is 0 Å². The molecule has 22 heavy (non-hydrogen) atoms. The molecule has 110 valence electrons. The maximum absolute atomic E-state index is 4.29. The van der Waals surface area contributed by atoms with Gasteiger partial charge in [0.25, 0.3) is 0 Å². The molecule has 0 atom stereocenters. The van der Waals surface area contributed by atoms with Crippen molar-refractivity contribution >= 4 is 17.8 Å². The van der Waals surface area contributed by atoms with Crippen LogP contribution in [0, 0.1) is 0 Å². The molecule has 4 heteroatoms. The van der Waals surface area contributed by atoms with Crippen LogP contribution < -0.4 is 0 Å². The number of aromatic nitrogens is 3. The summed E-state index contributed by atoms with van der Waals surface area (Å²) in [5.41, 5.74) is 2.30. The second-order valence-corrected chi connectivity index (χ2v) is 5.84. The second kappa shape index (κ2) is 7.09. The summed E-state index contributed by atoms with van der Waals surface area (Å²) in [7, 11) is 2.01. The Kier molecular flexibility index (Phi) is 4.71. The van der Waals surface area contributed by atoms with Crippen LogP contribution in [-0.2, 0) is 7.05 Å². The molecule has 0 radical (unpaired) electrons. The molecule has 0 saturated heterocycles. The SMILES string of the molecule is Cn1c(SC/C=C/c2ccccc2)nnc1-c1ccccc1. The van der Waals surface area contributed by atoms with E-state index in [0.29, 0.717) is 0 Å². The highest BCUT2D eigenvalue weighted by atomic mass is 32.2. The largest absolute Gasteiger partial charge is 0.305 e. The average molecular weight is 307 g/mol. The number of thioether (sulfide) groups is 1. The van der Waals surface area contributed by atoms with Crippen LogP contribution in [0.15, 0.2) is 71.9 Å². The molecule has 2 aromatic carbocycles. The maximum atomic E-state index is 4.29. The topological polar surface area (TPSA) is 30.7 Å². The summed E-state index contributed by atoms with van der Waals surface area (Å²) in [4.78, 5) is 0. The molecule has 0 N–H and O–H groups in total. The number of benzene rings is 2. The van der Waals surface area contributed by atoms with Crippen molar-refractivity contribution in [3.8, 4) is 11.4 Å². The van der Waals surface area contributed by atoms with Gasteiger partial charge in [0.05, 0.1) is 0 Å². The summed E-state index contributed by atoms with van der Waals surface area (Å²) < 4.78 is 2.04. The Morgan fingerprint density at radius 1 is 0.955 bits per heavy atom. The van der Waals surface area contributed by atoms with Crippen LogP contribution in [0.1, 0.15) is 5.56 Å². The molecule has 1 heterocycles. The highest BCUT2D eigenvalue weighted by Crippen LogP contribution is 2.22. The zero-order chi connectivity index (χ0) is 15.2. The second-order valence-electron chi connectivity index (χ2n) is 4.86. The fourth-order valence-electron chi connectivity index (χ4n) is 2.15. The van der Waals surface area contributed by atoms with Crippen LogP contribution in [0.3, 0.4) is 0 Å². The molecule has 0 aliphatic carbocycles. The van der Waals surface area contributed by atoms with E-state index >= 15 is 0 Å². The third kappa shape index (κ3) is 3.46. The van der Waals surface area contributed by atoms with Gasteiger partial charge in [0, 0.05) is 18.4 Å². The Morgan fingerprint density at radius 3 is 2.36 bits per heavy atom. The lowest BCUT2D eigenvalue weighted by molar-refractivity contribution is 0.795. The first kappa shape index (κ1) is 14.6. The van der Waals surface area contributed by atoms with E-state index < -0.39 is 0 Å². The summed E-state index contributed by atoms with van der Waals surface area (Å²) >= 11 is 1.68. The van der Waals surface area contributed by atoms with Crippen molar-refractivity contribution in [2.75, 3.05) is 5.75 Å². The first-order valence-corrected chi connectivity index (χ1v) is 8.12. The third-order valence-electron chi connectivity index (χ3n) is 3.29. The highest BCUT2D eigenvalue weighted by molar-refractivity contribution is 7.99. The van der Waals surface area contributed by atoms with Crippen molar-refractivity contribution in [2.24, 2.45) is 7.05 Å². The molecule has 0 saturated carbocycles. The van der Waals surface area contributed by atoms with Crippen LogP contribution in [0.25, 0.3) is 17.5 Å². The molecule has 0 aliphatic heterocycles. The molecule has 1 aromatic heterocycles. The van der Waals surface area contributed by atoms with Crippen molar-refractivity contribution in [1.29, 1.82) is 0 Å². The first-order chi connectivity index (χ1) is 10.8. The van der Waals surface area contributed by atoms with E-state index in [9.17, 15) is 0 Å². The van der Waals surface area contributed by atoms with Gasteiger partial charge >= 0.3 is 0 Å². The molecule has 0 spiro atoms. The Bertz CT molecular complexity index is 749. The van der Waals surface area contributed by atoms with E-state index in [-0.39, 0.29) is 0 Å². The first-order valence-electron chi connectivity index (χ1n) is 7.14. The lowest BCUT2D eigenvalue weighted by atomic mass is 10.2. The third-order valence-corrected chi connectivity index (χ3v) is 4.26. The quantitative estimate of drug-likeness (QED) is 0.659. The number of nitrogens with zero attached hydrogens (tertiary/aromatic N) is 3. The van der Waals surface area contributed by atoms with E-state index in [4.69, 9.17) is 0 Å². The summed E-state index contributed by atoms with van der Waals surface area (Å²) in [6.07, 6.45) is 4.28. The fourth-order valence-corrected chi connectivity index (χ4v) is 2.87. The van der Waals surface area contributed by atoms with Crippen LogP contribution >= 0.6 is 11.8 Å². The molecule has 0 amide bonds. The van der Waals surface area contributed by atoms with E-state index in [1.54, 1.807) is 11.8 Å². The zero-order valence-corrected chi connectivity index (χ0v) is 13.2. The lowest BCUT2D eigenvalue weighted by Crippen LogP contribution is -1.94. The minimum atomic E-state index is 0.871. The van der Waals surface area contributed by atoms with E-state index in [1.165, 1.54) is 5.56 Å². The van der Waals surface area contributed by atoms with Gasteiger partial charge in [0.15, 0.2) is 11.0 Å². The van der Waals surface area contributed by atoms with Gasteiger partial charge in [-0.25, -0.2) is 0 Å². The minimum absolute atomic E-state index is 0.871. The Labute approximate surface area is 134 Å². The maximum Gasteiger partial charge on any atom is 0.191 e. The molecule has 0 aliphatic rings. The highest BCUT2D eigenvalue weighted by Gasteiger charge is 2.09. The van der Waals surface area contributed by atoms with Crippen molar-refractivity contribution in [3.63, 3.8) is 0 Å². The lowest BCUT2D eigenvalue weighted by Gasteiger charge is -2.02. The van der Waals surface area contributed by atoms with Crippen molar-refractivity contribution in [2.45, 2.75) is 5.16 Å². The minimum Gasteiger partial charge on any atom is -0.305 e. The molecule has 0 fully saturated rings. The summed E-state index contributed by atoms with van der Waals surface area (Å²) in [5.74, 6) is 1.77.